The fourth-order valence-corrected chi connectivity index (χ4v) is 2.86. The quantitative estimate of drug-likeness (QED) is 0.548. The van der Waals surface area contributed by atoms with Crippen molar-refractivity contribution in [3.05, 3.63) is 53.8 Å². The van der Waals surface area contributed by atoms with Crippen LogP contribution in [-0.4, -0.2) is 38.4 Å². The molecule has 2 aromatic rings. The number of aromatic nitrogens is 1. The second-order valence-electron chi connectivity index (χ2n) is 4.69. The van der Waals surface area contributed by atoms with Crippen LogP contribution in [0.1, 0.15) is 0 Å². The van der Waals surface area contributed by atoms with E-state index in [-0.39, 0.29) is 15.7 Å². The Balaban J connectivity index is 1.79. The lowest BCUT2D eigenvalue weighted by atomic mass is 10.4. The monoisotopic (exact) mass is 383 g/mol. The van der Waals surface area contributed by atoms with Gasteiger partial charge in [-0.1, -0.05) is 29.8 Å². The van der Waals surface area contributed by atoms with Gasteiger partial charge in [0.15, 0.2) is 11.8 Å². The van der Waals surface area contributed by atoms with Gasteiger partial charge in [0, 0.05) is 6.20 Å². The van der Waals surface area contributed by atoms with E-state index >= 15 is 0 Å². The summed E-state index contributed by atoms with van der Waals surface area (Å²) in [5, 5.41) is 2.51. The van der Waals surface area contributed by atoms with Crippen molar-refractivity contribution >= 4 is 39.2 Å². The summed E-state index contributed by atoms with van der Waals surface area (Å²) >= 11 is 5.78. The molecule has 1 aromatic heterocycles. The number of hydrogen-bond acceptors (Lipinski definition) is 6. The van der Waals surface area contributed by atoms with E-state index in [2.05, 4.69) is 15.0 Å². The number of amides is 1. The Morgan fingerprint density at radius 3 is 2.52 bits per heavy atom. The van der Waals surface area contributed by atoms with Crippen molar-refractivity contribution < 1.29 is 22.7 Å². The summed E-state index contributed by atoms with van der Waals surface area (Å²) in [5.74, 6) is -1.53. The third-order valence-electron chi connectivity index (χ3n) is 2.86. The van der Waals surface area contributed by atoms with Crippen molar-refractivity contribution in [2.75, 3.05) is 18.5 Å². The summed E-state index contributed by atoms with van der Waals surface area (Å²) in [6.07, 6.45) is 1.46. The van der Waals surface area contributed by atoms with Gasteiger partial charge in [-0.2, -0.15) is 4.72 Å². The third-order valence-corrected chi connectivity index (χ3v) is 4.58. The minimum atomic E-state index is -3.83. The molecule has 2 rings (SSSR count). The molecule has 8 nitrogen and oxygen atoms in total. The van der Waals surface area contributed by atoms with E-state index in [1.54, 1.807) is 24.3 Å². The van der Waals surface area contributed by atoms with E-state index in [0.29, 0.717) is 0 Å². The predicted molar refractivity (Wildman–Crippen MR) is 90.5 cm³/mol. The fraction of sp³-hybridized carbons (Fsp3) is 0.133. The second kappa shape index (κ2) is 8.56. The summed E-state index contributed by atoms with van der Waals surface area (Å²) in [7, 11) is -3.83. The molecule has 1 amide bonds. The molecule has 1 heterocycles. The number of rotatable bonds is 7. The van der Waals surface area contributed by atoms with Crippen LogP contribution in [-0.2, 0) is 24.3 Å². The number of carbonyl (C=O) groups excluding carboxylic acids is 2. The average molecular weight is 384 g/mol. The van der Waals surface area contributed by atoms with Crippen LogP contribution in [0.4, 0.5) is 5.69 Å². The zero-order chi connectivity index (χ0) is 18.3. The number of pyridine rings is 1. The van der Waals surface area contributed by atoms with E-state index in [0.717, 1.165) is 0 Å². The van der Waals surface area contributed by atoms with Gasteiger partial charge in [0.25, 0.3) is 5.91 Å². The highest BCUT2D eigenvalue weighted by Gasteiger charge is 2.16. The van der Waals surface area contributed by atoms with Crippen LogP contribution >= 0.6 is 11.6 Å². The summed E-state index contributed by atoms with van der Waals surface area (Å²) in [6, 6.07) is 10.7. The van der Waals surface area contributed by atoms with Crippen molar-refractivity contribution in [1.82, 2.24) is 9.71 Å². The van der Waals surface area contributed by atoms with Gasteiger partial charge < -0.3 is 10.1 Å². The van der Waals surface area contributed by atoms with Crippen molar-refractivity contribution in [2.45, 2.75) is 4.90 Å². The zero-order valence-corrected chi connectivity index (χ0v) is 14.4. The van der Waals surface area contributed by atoms with Crippen LogP contribution in [0, 0.1) is 0 Å². The van der Waals surface area contributed by atoms with E-state index < -0.39 is 35.1 Å². The topological polar surface area (TPSA) is 114 Å². The average Bonchev–Trinajstić information content (AvgIpc) is 2.61. The molecule has 0 atom stereocenters. The molecule has 0 fully saturated rings. The molecule has 0 spiro atoms. The van der Waals surface area contributed by atoms with Gasteiger partial charge in [0.05, 0.1) is 10.6 Å². The number of nitrogens with zero attached hydrogens (tertiary/aromatic N) is 1. The number of ether oxygens (including phenoxy) is 1. The highest BCUT2D eigenvalue weighted by atomic mass is 35.5. The lowest BCUT2D eigenvalue weighted by Gasteiger charge is -2.08. The maximum atomic E-state index is 11.9. The highest BCUT2D eigenvalue weighted by molar-refractivity contribution is 7.89. The SMILES string of the molecule is O=C(COC(=O)CNS(=O)(=O)c1ccccc1)Nc1cccnc1Cl. The zero-order valence-electron chi connectivity index (χ0n) is 12.8. The van der Waals surface area contributed by atoms with Crippen LogP contribution in [0.15, 0.2) is 53.6 Å². The molecule has 0 aliphatic carbocycles. The minimum Gasteiger partial charge on any atom is -0.455 e. The number of esters is 1. The molecule has 1 aromatic carbocycles. The molecule has 0 saturated heterocycles. The molecular weight excluding hydrogens is 370 g/mol. The van der Waals surface area contributed by atoms with Crippen LogP contribution in [0.5, 0.6) is 0 Å². The first-order valence-electron chi connectivity index (χ1n) is 6.99. The molecule has 2 N–H and O–H groups in total. The number of nitrogens with one attached hydrogen (secondary N) is 2. The number of hydrogen-bond donors (Lipinski definition) is 2. The van der Waals surface area contributed by atoms with Crippen LogP contribution in [0.2, 0.25) is 5.15 Å². The van der Waals surface area contributed by atoms with Gasteiger partial charge in [0.1, 0.15) is 6.54 Å². The number of anilines is 1. The Morgan fingerprint density at radius 2 is 1.84 bits per heavy atom. The maximum absolute atomic E-state index is 11.9. The Bertz CT molecular complexity index is 858. The lowest BCUT2D eigenvalue weighted by molar-refractivity contribution is -0.146. The normalized spacial score (nSPS) is 10.9. The smallest absolute Gasteiger partial charge is 0.321 e. The Hall–Kier alpha value is -2.49. The van der Waals surface area contributed by atoms with Gasteiger partial charge in [-0.3, -0.25) is 9.59 Å². The molecule has 0 bridgehead atoms. The first-order chi connectivity index (χ1) is 11.9. The summed E-state index contributed by atoms with van der Waals surface area (Å²) in [5.41, 5.74) is 0.273. The van der Waals surface area contributed by atoms with Gasteiger partial charge in [-0.15, -0.1) is 0 Å². The van der Waals surface area contributed by atoms with E-state index in [1.165, 1.54) is 24.4 Å². The van der Waals surface area contributed by atoms with Crippen molar-refractivity contribution in [3.63, 3.8) is 0 Å². The predicted octanol–water partition coefficient (Wildman–Crippen LogP) is 1.20. The van der Waals surface area contributed by atoms with Crippen LogP contribution in [0.25, 0.3) is 0 Å². The van der Waals surface area contributed by atoms with E-state index in [4.69, 9.17) is 16.3 Å². The van der Waals surface area contributed by atoms with Crippen molar-refractivity contribution in [1.29, 1.82) is 0 Å². The number of halogens is 1. The van der Waals surface area contributed by atoms with Crippen molar-refractivity contribution in [2.24, 2.45) is 0 Å². The number of benzene rings is 1. The van der Waals surface area contributed by atoms with Crippen molar-refractivity contribution in [3.8, 4) is 0 Å². The van der Waals surface area contributed by atoms with Gasteiger partial charge in [-0.05, 0) is 24.3 Å². The minimum absolute atomic E-state index is 0.0202. The first kappa shape index (κ1) is 18.8. The Morgan fingerprint density at radius 1 is 1.12 bits per heavy atom. The van der Waals surface area contributed by atoms with Gasteiger partial charge in [-0.25, -0.2) is 13.4 Å². The largest absolute Gasteiger partial charge is 0.455 e. The number of sulfonamides is 1. The van der Waals surface area contributed by atoms with Crippen LogP contribution < -0.4 is 10.0 Å². The molecule has 0 radical (unpaired) electrons. The molecule has 0 saturated carbocycles. The molecule has 132 valence electrons. The lowest BCUT2D eigenvalue weighted by Crippen LogP contribution is -2.32. The van der Waals surface area contributed by atoms with E-state index in [9.17, 15) is 18.0 Å². The standard InChI is InChI=1S/C15H14ClN3O5S/c16-15-12(7-4-8-17-15)19-13(20)10-24-14(21)9-18-25(22,23)11-5-2-1-3-6-11/h1-8,18H,9-10H2,(H,19,20). The molecule has 25 heavy (non-hydrogen) atoms. The summed E-state index contributed by atoms with van der Waals surface area (Å²) in [4.78, 5) is 27.1. The van der Waals surface area contributed by atoms with Gasteiger partial charge in [0.2, 0.25) is 10.0 Å². The number of carbonyl (C=O) groups is 2. The Kier molecular flexibility index (Phi) is 6.45. The highest BCUT2D eigenvalue weighted by Crippen LogP contribution is 2.17. The third kappa shape index (κ3) is 5.82. The molecular formula is C15H14ClN3O5S. The fourth-order valence-electron chi connectivity index (χ4n) is 1.70. The molecule has 0 aliphatic heterocycles. The van der Waals surface area contributed by atoms with E-state index in [1.807, 2.05) is 0 Å². The molecule has 10 heteroatoms. The summed E-state index contributed by atoms with van der Waals surface area (Å²) in [6.45, 7) is -1.19. The second-order valence-corrected chi connectivity index (χ2v) is 6.81. The molecule has 0 unspecified atom stereocenters. The maximum Gasteiger partial charge on any atom is 0.321 e. The first-order valence-corrected chi connectivity index (χ1v) is 8.85. The Labute approximate surface area is 149 Å². The van der Waals surface area contributed by atoms with Gasteiger partial charge >= 0.3 is 5.97 Å². The molecule has 0 aliphatic rings. The summed E-state index contributed by atoms with van der Waals surface area (Å²) < 4.78 is 30.7. The van der Waals surface area contributed by atoms with Crippen LogP contribution in [0.3, 0.4) is 0 Å².